The van der Waals surface area contributed by atoms with Crippen LogP contribution in [0.15, 0.2) is 53.3 Å². The first-order chi connectivity index (χ1) is 14.9. The number of carbonyl (C=O) groups excluding carboxylic acids is 2. The number of rotatable bonds is 5. The molecule has 0 unspecified atom stereocenters. The SMILES string of the molecule is COc1ccccc1Nc1nc2c(c(=O)[nH]1)[C@H](C(=O)Nc1ccc(Cl)cc1)CC(=O)N2. The number of fused-ring (bicyclic) bond motifs is 1. The van der Waals surface area contributed by atoms with Crippen molar-refractivity contribution >= 4 is 46.6 Å². The summed E-state index contributed by atoms with van der Waals surface area (Å²) in [6, 6.07) is 13.6. The zero-order chi connectivity index (χ0) is 22.0. The van der Waals surface area contributed by atoms with Crippen molar-refractivity contribution in [2.45, 2.75) is 12.3 Å². The second-order valence-electron chi connectivity index (χ2n) is 6.80. The Kier molecular flexibility index (Phi) is 5.59. The van der Waals surface area contributed by atoms with E-state index in [1.165, 1.54) is 7.11 Å². The molecule has 0 fully saturated rings. The number of amides is 2. The lowest BCUT2D eigenvalue weighted by Crippen LogP contribution is -2.36. The van der Waals surface area contributed by atoms with Gasteiger partial charge in [-0.1, -0.05) is 23.7 Å². The molecular formula is C21H18ClN5O4. The number of ether oxygens (including phenoxy) is 1. The first-order valence-electron chi connectivity index (χ1n) is 9.35. The summed E-state index contributed by atoms with van der Waals surface area (Å²) in [6.07, 6.45) is -0.170. The number of nitrogens with one attached hydrogen (secondary N) is 4. The van der Waals surface area contributed by atoms with E-state index in [2.05, 4.69) is 25.9 Å². The van der Waals surface area contributed by atoms with Crippen LogP contribution in [-0.4, -0.2) is 28.9 Å². The first kappa shape index (κ1) is 20.4. The van der Waals surface area contributed by atoms with Crippen LogP contribution in [0.5, 0.6) is 5.75 Å². The summed E-state index contributed by atoms with van der Waals surface area (Å²) in [6.45, 7) is 0. The maximum absolute atomic E-state index is 12.8. The monoisotopic (exact) mass is 439 g/mol. The summed E-state index contributed by atoms with van der Waals surface area (Å²) in [5.74, 6) is -1.20. The van der Waals surface area contributed by atoms with Crippen LogP contribution in [0.3, 0.4) is 0 Å². The molecule has 1 atom stereocenters. The van der Waals surface area contributed by atoms with E-state index in [4.69, 9.17) is 16.3 Å². The van der Waals surface area contributed by atoms with Gasteiger partial charge in [-0.25, -0.2) is 0 Å². The smallest absolute Gasteiger partial charge is 0.258 e. The van der Waals surface area contributed by atoms with E-state index in [0.717, 1.165) is 0 Å². The van der Waals surface area contributed by atoms with Crippen molar-refractivity contribution in [3.8, 4) is 5.75 Å². The van der Waals surface area contributed by atoms with Crippen molar-refractivity contribution in [1.29, 1.82) is 0 Å². The molecule has 4 rings (SSSR count). The zero-order valence-electron chi connectivity index (χ0n) is 16.4. The fraction of sp³-hybridized carbons (Fsp3) is 0.143. The van der Waals surface area contributed by atoms with Gasteiger partial charge in [0.2, 0.25) is 17.8 Å². The van der Waals surface area contributed by atoms with Gasteiger partial charge in [0.1, 0.15) is 11.6 Å². The average Bonchev–Trinajstić information content (AvgIpc) is 2.75. The van der Waals surface area contributed by atoms with Gasteiger partial charge in [-0.3, -0.25) is 19.4 Å². The summed E-state index contributed by atoms with van der Waals surface area (Å²) in [5, 5.41) is 8.77. The maximum Gasteiger partial charge on any atom is 0.258 e. The molecule has 1 aliphatic rings. The van der Waals surface area contributed by atoms with E-state index >= 15 is 0 Å². The molecule has 0 radical (unpaired) electrons. The zero-order valence-corrected chi connectivity index (χ0v) is 17.1. The van der Waals surface area contributed by atoms with Gasteiger partial charge in [-0.2, -0.15) is 4.98 Å². The van der Waals surface area contributed by atoms with Crippen LogP contribution in [0.1, 0.15) is 17.9 Å². The molecule has 0 bridgehead atoms. The third kappa shape index (κ3) is 4.36. The molecule has 1 aromatic heterocycles. The Morgan fingerprint density at radius 2 is 1.90 bits per heavy atom. The molecule has 10 heteroatoms. The summed E-state index contributed by atoms with van der Waals surface area (Å²) in [7, 11) is 1.52. The van der Waals surface area contributed by atoms with Crippen molar-refractivity contribution in [3.63, 3.8) is 0 Å². The minimum atomic E-state index is -0.990. The molecule has 4 N–H and O–H groups in total. The fourth-order valence-corrected chi connectivity index (χ4v) is 3.42. The molecular weight excluding hydrogens is 422 g/mol. The fourth-order valence-electron chi connectivity index (χ4n) is 3.29. The number of anilines is 4. The molecule has 31 heavy (non-hydrogen) atoms. The van der Waals surface area contributed by atoms with Crippen molar-refractivity contribution in [2.75, 3.05) is 23.1 Å². The van der Waals surface area contributed by atoms with Crippen molar-refractivity contribution in [2.24, 2.45) is 0 Å². The van der Waals surface area contributed by atoms with Crippen LogP contribution in [-0.2, 0) is 9.59 Å². The number of benzene rings is 2. The molecule has 1 aliphatic heterocycles. The summed E-state index contributed by atoms with van der Waals surface area (Å²) in [4.78, 5) is 44.8. The number of hydrogen-bond acceptors (Lipinski definition) is 6. The Morgan fingerprint density at radius 3 is 2.65 bits per heavy atom. The lowest BCUT2D eigenvalue weighted by molar-refractivity contribution is -0.123. The third-order valence-electron chi connectivity index (χ3n) is 4.74. The number of H-pyrrole nitrogens is 1. The molecule has 2 amide bonds. The van der Waals surface area contributed by atoms with Crippen LogP contribution >= 0.6 is 11.6 Å². The van der Waals surface area contributed by atoms with E-state index < -0.39 is 23.3 Å². The van der Waals surface area contributed by atoms with E-state index in [9.17, 15) is 14.4 Å². The van der Waals surface area contributed by atoms with Gasteiger partial charge >= 0.3 is 0 Å². The van der Waals surface area contributed by atoms with Crippen LogP contribution in [0.4, 0.5) is 23.1 Å². The number of hydrogen-bond donors (Lipinski definition) is 4. The number of aromatic amines is 1. The van der Waals surface area contributed by atoms with Crippen molar-refractivity contribution in [1.82, 2.24) is 9.97 Å². The molecule has 9 nitrogen and oxygen atoms in total. The van der Waals surface area contributed by atoms with Crippen LogP contribution < -0.4 is 26.2 Å². The third-order valence-corrected chi connectivity index (χ3v) is 4.99. The maximum atomic E-state index is 12.8. The summed E-state index contributed by atoms with van der Waals surface area (Å²) in [5.41, 5.74) is 0.642. The Morgan fingerprint density at radius 1 is 1.16 bits per heavy atom. The minimum Gasteiger partial charge on any atom is -0.495 e. The topological polar surface area (TPSA) is 125 Å². The van der Waals surface area contributed by atoms with Crippen LogP contribution in [0.2, 0.25) is 5.02 Å². The number of carbonyl (C=O) groups is 2. The number of nitrogens with zero attached hydrogens (tertiary/aromatic N) is 1. The standard InChI is InChI=1S/C21H18ClN5O4/c1-31-15-5-3-2-4-14(15)24-21-26-18-17(20(30)27-21)13(10-16(28)25-18)19(29)23-12-8-6-11(22)7-9-12/h2-9,13H,10H2,1H3,(H,23,29)(H3,24,25,26,27,28,30)/t13-/m1/s1. The number of aromatic nitrogens is 2. The van der Waals surface area contributed by atoms with Gasteiger partial charge in [-0.05, 0) is 36.4 Å². The highest BCUT2D eigenvalue weighted by molar-refractivity contribution is 6.30. The minimum absolute atomic E-state index is 0.0358. The quantitative estimate of drug-likeness (QED) is 0.483. The Hall–Kier alpha value is -3.85. The molecule has 0 saturated heterocycles. The number of methoxy groups -OCH3 is 1. The van der Waals surface area contributed by atoms with E-state index in [1.54, 1.807) is 48.5 Å². The predicted octanol–water partition coefficient (Wildman–Crippen LogP) is 3.24. The van der Waals surface area contributed by atoms with Gasteiger partial charge in [0.25, 0.3) is 5.56 Å². The Bertz CT molecular complexity index is 1210. The van der Waals surface area contributed by atoms with Crippen LogP contribution in [0, 0.1) is 0 Å². The molecule has 2 heterocycles. The van der Waals surface area contributed by atoms with Crippen LogP contribution in [0.25, 0.3) is 0 Å². The van der Waals surface area contributed by atoms with E-state index in [1.807, 2.05) is 0 Å². The van der Waals surface area contributed by atoms with Gasteiger partial charge in [0.15, 0.2) is 0 Å². The van der Waals surface area contributed by atoms with E-state index in [0.29, 0.717) is 22.1 Å². The largest absolute Gasteiger partial charge is 0.495 e. The van der Waals surface area contributed by atoms with Gasteiger partial charge in [0, 0.05) is 17.1 Å². The number of halogens is 1. The molecule has 3 aromatic rings. The highest BCUT2D eigenvalue weighted by atomic mass is 35.5. The second-order valence-corrected chi connectivity index (χ2v) is 7.24. The lowest BCUT2D eigenvalue weighted by atomic mass is 9.92. The molecule has 0 saturated carbocycles. The first-order valence-corrected chi connectivity index (χ1v) is 9.73. The molecule has 158 valence electrons. The summed E-state index contributed by atoms with van der Waals surface area (Å²) >= 11 is 5.86. The molecule has 0 aliphatic carbocycles. The van der Waals surface area contributed by atoms with Crippen molar-refractivity contribution in [3.05, 3.63) is 69.5 Å². The summed E-state index contributed by atoms with van der Waals surface area (Å²) < 4.78 is 5.28. The van der Waals surface area contributed by atoms with Gasteiger partial charge in [-0.15, -0.1) is 0 Å². The Labute approximate surface area is 181 Å². The molecule has 2 aromatic carbocycles. The van der Waals surface area contributed by atoms with Crippen molar-refractivity contribution < 1.29 is 14.3 Å². The molecule has 0 spiro atoms. The van der Waals surface area contributed by atoms with Gasteiger partial charge < -0.3 is 20.7 Å². The Balaban J connectivity index is 1.64. The lowest BCUT2D eigenvalue weighted by Gasteiger charge is -2.23. The normalized spacial score (nSPS) is 14.9. The second kappa shape index (κ2) is 8.49. The highest BCUT2D eigenvalue weighted by Crippen LogP contribution is 2.31. The van der Waals surface area contributed by atoms with Gasteiger partial charge in [0.05, 0.1) is 24.3 Å². The predicted molar refractivity (Wildman–Crippen MR) is 117 cm³/mol. The average molecular weight is 440 g/mol. The number of para-hydroxylation sites is 2. The van der Waals surface area contributed by atoms with E-state index in [-0.39, 0.29) is 23.8 Å². The highest BCUT2D eigenvalue weighted by Gasteiger charge is 2.34.